The number of aromatic amines is 1. The van der Waals surface area contributed by atoms with Crippen molar-refractivity contribution in [2.45, 2.75) is 19.6 Å². The van der Waals surface area contributed by atoms with Gasteiger partial charge in [0.2, 0.25) is 0 Å². The number of alkyl halides is 3. The first-order chi connectivity index (χ1) is 14.5. The number of H-pyrrole nitrogens is 1. The van der Waals surface area contributed by atoms with Gasteiger partial charge in [0.25, 0.3) is 5.91 Å². The molecule has 2 aromatic carbocycles. The average Bonchev–Trinajstić information content (AvgIpc) is 3.01. The zero-order chi connectivity index (χ0) is 22.9. The number of amides is 1. The Morgan fingerprint density at radius 1 is 1.26 bits per heavy atom. The zero-order valence-corrected chi connectivity index (χ0v) is 17.2. The molecule has 1 aromatic heterocycles. The summed E-state index contributed by atoms with van der Waals surface area (Å²) in [6.07, 6.45) is -4.67. The highest BCUT2D eigenvalue weighted by Gasteiger charge is 2.31. The highest BCUT2D eigenvalue weighted by Crippen LogP contribution is 2.38. The number of carbonyl (C=O) groups is 1. The van der Waals surface area contributed by atoms with Gasteiger partial charge in [-0.1, -0.05) is 29.3 Å². The van der Waals surface area contributed by atoms with E-state index < -0.39 is 29.2 Å². The molecule has 1 heterocycles. The fourth-order valence-corrected chi connectivity index (χ4v) is 3.09. The van der Waals surface area contributed by atoms with E-state index in [1.165, 1.54) is 12.1 Å². The summed E-state index contributed by atoms with van der Waals surface area (Å²) >= 11 is 11.8. The second-order valence-corrected chi connectivity index (χ2v) is 7.19. The Labute approximate surface area is 183 Å². The van der Waals surface area contributed by atoms with Crippen molar-refractivity contribution in [3.8, 4) is 11.5 Å². The summed E-state index contributed by atoms with van der Waals surface area (Å²) in [5, 5.41) is 2.29. The van der Waals surface area contributed by atoms with Crippen LogP contribution in [0, 0.1) is 12.7 Å². The molecule has 0 fully saturated rings. The van der Waals surface area contributed by atoms with Crippen molar-refractivity contribution in [3.05, 3.63) is 69.0 Å². The van der Waals surface area contributed by atoms with Crippen molar-refractivity contribution in [1.29, 1.82) is 0 Å². The third-order valence-electron chi connectivity index (χ3n) is 4.04. The number of ether oxygens (including phenoxy) is 1. The maximum atomic E-state index is 14.9. The van der Waals surface area contributed by atoms with Crippen LogP contribution in [0.25, 0.3) is 0 Å². The van der Waals surface area contributed by atoms with Crippen LogP contribution in [-0.4, -0.2) is 15.9 Å². The van der Waals surface area contributed by atoms with E-state index in [2.05, 4.69) is 15.3 Å². The molecule has 0 atom stereocenters. The average molecular weight is 477 g/mol. The van der Waals surface area contributed by atoms with Crippen LogP contribution in [0.5, 0.6) is 11.5 Å². The number of nitrogen functional groups attached to an aromatic ring is 1. The number of anilines is 1. The molecule has 31 heavy (non-hydrogen) atoms. The Bertz CT molecular complexity index is 1150. The molecule has 0 aliphatic carbocycles. The summed E-state index contributed by atoms with van der Waals surface area (Å²) in [5.74, 6) is -2.07. The molecule has 3 aromatic rings. The molecule has 1 amide bonds. The Morgan fingerprint density at radius 3 is 2.58 bits per heavy atom. The Kier molecular flexibility index (Phi) is 6.33. The Morgan fingerprint density at radius 2 is 1.97 bits per heavy atom. The maximum Gasteiger partial charge on any atom is 0.416 e. The number of hydrogen-bond acceptors (Lipinski definition) is 4. The van der Waals surface area contributed by atoms with Gasteiger partial charge >= 0.3 is 6.18 Å². The van der Waals surface area contributed by atoms with Crippen molar-refractivity contribution in [1.82, 2.24) is 15.3 Å². The van der Waals surface area contributed by atoms with E-state index in [-0.39, 0.29) is 39.4 Å². The first-order valence-electron chi connectivity index (χ1n) is 8.58. The molecule has 6 nitrogen and oxygen atoms in total. The van der Waals surface area contributed by atoms with Gasteiger partial charge in [-0.05, 0) is 25.1 Å². The molecule has 164 valence electrons. The van der Waals surface area contributed by atoms with Gasteiger partial charge in [-0.3, -0.25) is 4.79 Å². The molecule has 12 heteroatoms. The normalized spacial score (nSPS) is 11.5. The summed E-state index contributed by atoms with van der Waals surface area (Å²) in [6, 6.07) is 5.06. The number of imidazole rings is 1. The van der Waals surface area contributed by atoms with E-state index in [1.807, 2.05) is 0 Å². The summed E-state index contributed by atoms with van der Waals surface area (Å²) in [4.78, 5) is 18.8. The maximum absolute atomic E-state index is 14.9. The molecule has 0 radical (unpaired) electrons. The van der Waals surface area contributed by atoms with Crippen LogP contribution >= 0.6 is 23.2 Å². The number of hydrogen-bond donors (Lipinski definition) is 3. The van der Waals surface area contributed by atoms with E-state index >= 15 is 0 Å². The Hall–Kier alpha value is -2.98. The molecule has 3 rings (SSSR count). The van der Waals surface area contributed by atoms with E-state index in [9.17, 15) is 22.4 Å². The van der Waals surface area contributed by atoms with E-state index in [1.54, 1.807) is 6.92 Å². The number of rotatable bonds is 5. The first kappa shape index (κ1) is 22.7. The van der Waals surface area contributed by atoms with Gasteiger partial charge < -0.3 is 20.8 Å². The van der Waals surface area contributed by atoms with Crippen molar-refractivity contribution in [3.63, 3.8) is 0 Å². The summed E-state index contributed by atoms with van der Waals surface area (Å²) in [5.41, 5.74) is 4.11. The smallest absolute Gasteiger partial charge is 0.416 e. The van der Waals surface area contributed by atoms with E-state index in [4.69, 9.17) is 33.7 Å². The van der Waals surface area contributed by atoms with Crippen LogP contribution in [0.4, 0.5) is 23.2 Å². The number of aryl methyl sites for hydroxylation is 1. The van der Waals surface area contributed by atoms with Gasteiger partial charge in [-0.15, -0.1) is 0 Å². The number of nitrogens with one attached hydrogen (secondary N) is 2. The van der Waals surface area contributed by atoms with Crippen molar-refractivity contribution >= 4 is 34.8 Å². The molecule has 4 N–H and O–H groups in total. The quantitative estimate of drug-likeness (QED) is 0.335. The van der Waals surface area contributed by atoms with Gasteiger partial charge in [-0.25, -0.2) is 9.37 Å². The fraction of sp³-hybridized carbons (Fsp3) is 0.158. The molecule has 0 saturated carbocycles. The molecular formula is C19H14Cl2F4N4O2. The molecule has 0 aliphatic rings. The number of nitrogens with two attached hydrogens (primary N) is 1. The number of halogens is 6. The van der Waals surface area contributed by atoms with Crippen LogP contribution in [0.15, 0.2) is 30.3 Å². The molecule has 0 bridgehead atoms. The number of aromatic nitrogens is 2. The monoisotopic (exact) mass is 476 g/mol. The number of nitrogens with zero attached hydrogens (tertiary/aromatic N) is 1. The van der Waals surface area contributed by atoms with E-state index in [0.717, 1.165) is 12.1 Å². The van der Waals surface area contributed by atoms with E-state index in [0.29, 0.717) is 11.9 Å². The lowest BCUT2D eigenvalue weighted by Gasteiger charge is -2.14. The van der Waals surface area contributed by atoms with Gasteiger partial charge in [0.15, 0.2) is 17.3 Å². The van der Waals surface area contributed by atoms with Gasteiger partial charge in [-0.2, -0.15) is 13.2 Å². The van der Waals surface area contributed by atoms with Crippen LogP contribution in [0.1, 0.15) is 27.4 Å². The predicted molar refractivity (Wildman–Crippen MR) is 107 cm³/mol. The second-order valence-electron chi connectivity index (χ2n) is 6.41. The highest BCUT2D eigenvalue weighted by atomic mass is 35.5. The minimum Gasteiger partial charge on any atom is -0.453 e. The van der Waals surface area contributed by atoms with Crippen LogP contribution in [-0.2, 0) is 12.7 Å². The second kappa shape index (κ2) is 8.64. The van der Waals surface area contributed by atoms with Gasteiger partial charge in [0.05, 0.1) is 10.6 Å². The van der Waals surface area contributed by atoms with Crippen molar-refractivity contribution in [2.24, 2.45) is 0 Å². The minimum absolute atomic E-state index is 0.0257. The summed E-state index contributed by atoms with van der Waals surface area (Å²) < 4.78 is 59.2. The molecule has 0 unspecified atom stereocenters. The molecule has 0 spiro atoms. The SMILES string of the molecule is Cc1nc(C(=O)NCc2ccc(Cl)c(Oc3cc(N)cc(C(F)(F)F)c3)c2F)c(Cl)[nH]1. The lowest BCUT2D eigenvalue weighted by molar-refractivity contribution is -0.137. The standard InChI is InChI=1S/C19H14Cl2F4N4O2/c1-8-28-15(17(21)29-8)18(30)27-7-9-2-3-13(20)16(14(9)22)31-12-5-10(19(23,24)25)4-11(26)6-12/h2-6H,7,26H2,1H3,(H,27,30)(H,28,29). The molecule has 0 aliphatic heterocycles. The number of carbonyl (C=O) groups excluding carboxylic acids is 1. The highest BCUT2D eigenvalue weighted by molar-refractivity contribution is 6.32. The van der Waals surface area contributed by atoms with Crippen LogP contribution < -0.4 is 15.8 Å². The predicted octanol–water partition coefficient (Wildman–Crippen LogP) is 5.49. The van der Waals surface area contributed by atoms with Crippen LogP contribution in [0.3, 0.4) is 0 Å². The van der Waals surface area contributed by atoms with Crippen molar-refractivity contribution < 1.29 is 27.1 Å². The largest absolute Gasteiger partial charge is 0.453 e. The minimum atomic E-state index is -4.67. The fourth-order valence-electron chi connectivity index (χ4n) is 2.64. The first-order valence-corrected chi connectivity index (χ1v) is 9.34. The van der Waals surface area contributed by atoms with Crippen LogP contribution in [0.2, 0.25) is 10.2 Å². The third kappa shape index (κ3) is 5.20. The summed E-state index contributed by atoms with van der Waals surface area (Å²) in [6.45, 7) is 1.32. The lowest BCUT2D eigenvalue weighted by atomic mass is 10.1. The molecule has 0 saturated heterocycles. The van der Waals surface area contributed by atoms with Gasteiger partial charge in [0, 0.05) is 23.9 Å². The Balaban J connectivity index is 1.84. The summed E-state index contributed by atoms with van der Waals surface area (Å²) in [7, 11) is 0. The third-order valence-corrected chi connectivity index (χ3v) is 4.61. The lowest BCUT2D eigenvalue weighted by Crippen LogP contribution is -2.24. The number of benzene rings is 2. The zero-order valence-electron chi connectivity index (χ0n) is 15.7. The van der Waals surface area contributed by atoms with Gasteiger partial charge in [0.1, 0.15) is 16.7 Å². The topological polar surface area (TPSA) is 93.0 Å². The molecular weight excluding hydrogens is 463 g/mol. The van der Waals surface area contributed by atoms with Crippen molar-refractivity contribution in [2.75, 3.05) is 5.73 Å².